The van der Waals surface area contributed by atoms with Gasteiger partial charge in [-0.15, -0.1) is 0 Å². The maximum Gasteiger partial charge on any atom is 0.410 e. The number of hydrogen-bond donors (Lipinski definition) is 0. The molecule has 0 aliphatic carbocycles. The molecule has 4 aliphatic heterocycles. The highest BCUT2D eigenvalue weighted by Crippen LogP contribution is 2.42. The summed E-state index contributed by atoms with van der Waals surface area (Å²) in [4.78, 5) is 33.1. The summed E-state index contributed by atoms with van der Waals surface area (Å²) in [5.41, 5.74) is -0.997. The first-order chi connectivity index (χ1) is 25.4. The predicted molar refractivity (Wildman–Crippen MR) is 193 cm³/mol. The molecule has 0 spiro atoms. The molecular formula is C39H45F3N6O5. The fourth-order valence-corrected chi connectivity index (χ4v) is 8.84. The first-order valence-corrected chi connectivity index (χ1v) is 18.3. The number of ether oxygens (including phenoxy) is 4. The largest absolute Gasteiger partial charge is 0.468 e. The van der Waals surface area contributed by atoms with Crippen LogP contribution in [0.5, 0.6) is 11.8 Å². The Bertz CT molecular complexity index is 2030. The van der Waals surface area contributed by atoms with E-state index in [1.807, 2.05) is 20.8 Å². The third-order valence-corrected chi connectivity index (χ3v) is 10.9. The minimum atomic E-state index is -0.940. The maximum atomic E-state index is 17.1. The van der Waals surface area contributed by atoms with Gasteiger partial charge in [-0.2, -0.15) is 9.97 Å². The number of aromatic nitrogens is 3. The van der Waals surface area contributed by atoms with Crippen molar-refractivity contribution in [1.82, 2.24) is 24.8 Å². The number of halogens is 3. The number of methoxy groups -OCH3 is 1. The monoisotopic (exact) mass is 734 g/mol. The normalized spacial score (nSPS) is 24.5. The smallest absolute Gasteiger partial charge is 0.410 e. The van der Waals surface area contributed by atoms with Crippen LogP contribution in [0.15, 0.2) is 36.5 Å². The molecular weight excluding hydrogens is 689 g/mol. The second kappa shape index (κ2) is 13.8. The number of anilines is 1. The molecule has 2 aromatic carbocycles. The van der Waals surface area contributed by atoms with Crippen LogP contribution in [-0.2, 0) is 9.47 Å². The average molecular weight is 735 g/mol. The van der Waals surface area contributed by atoms with Crippen molar-refractivity contribution in [3.05, 3.63) is 48.2 Å². The molecule has 0 N–H and O–H groups in total. The number of benzene rings is 2. The van der Waals surface area contributed by atoms with Crippen molar-refractivity contribution in [1.29, 1.82) is 0 Å². The summed E-state index contributed by atoms with van der Waals surface area (Å²) in [7, 11) is 1.49. The minimum Gasteiger partial charge on any atom is -0.468 e. The quantitative estimate of drug-likeness (QED) is 0.181. The number of alkyl halides is 1. The number of pyridine rings is 1. The minimum absolute atomic E-state index is 0.0218. The van der Waals surface area contributed by atoms with Gasteiger partial charge in [0.25, 0.3) is 0 Å². The molecule has 0 radical (unpaired) electrons. The Balaban J connectivity index is 1.19. The highest BCUT2D eigenvalue weighted by atomic mass is 19.1. The molecule has 282 valence electrons. The first-order valence-electron chi connectivity index (χ1n) is 18.3. The lowest BCUT2D eigenvalue weighted by atomic mass is 9.84. The Kier molecular flexibility index (Phi) is 9.24. The van der Waals surface area contributed by atoms with Gasteiger partial charge in [-0.05, 0) is 82.0 Å². The Morgan fingerprint density at radius 1 is 1.04 bits per heavy atom. The van der Waals surface area contributed by atoms with Crippen LogP contribution in [0.2, 0.25) is 0 Å². The van der Waals surface area contributed by atoms with Crippen LogP contribution < -0.4 is 14.4 Å². The summed E-state index contributed by atoms with van der Waals surface area (Å²) in [6.45, 7) is 9.00. The molecule has 53 heavy (non-hydrogen) atoms. The summed E-state index contributed by atoms with van der Waals surface area (Å²) in [5.74, 6) is -0.228. The molecule has 14 heteroatoms. The molecule has 2 aromatic heterocycles. The van der Waals surface area contributed by atoms with Crippen LogP contribution in [0.1, 0.15) is 46.5 Å². The van der Waals surface area contributed by atoms with Gasteiger partial charge in [0.1, 0.15) is 47.0 Å². The van der Waals surface area contributed by atoms with E-state index in [-0.39, 0.29) is 59.5 Å². The van der Waals surface area contributed by atoms with E-state index in [4.69, 9.17) is 23.9 Å². The number of piperidine rings is 2. The number of carbonyl (C=O) groups is 1. The van der Waals surface area contributed by atoms with Gasteiger partial charge in [0.05, 0.1) is 10.9 Å². The predicted octanol–water partition coefficient (Wildman–Crippen LogP) is 6.75. The zero-order valence-corrected chi connectivity index (χ0v) is 30.5. The van der Waals surface area contributed by atoms with Crippen molar-refractivity contribution in [3.63, 3.8) is 0 Å². The molecule has 0 saturated carbocycles. The van der Waals surface area contributed by atoms with E-state index in [1.165, 1.54) is 19.4 Å². The third-order valence-electron chi connectivity index (χ3n) is 10.9. The highest BCUT2D eigenvalue weighted by molar-refractivity contribution is 6.00. The summed E-state index contributed by atoms with van der Waals surface area (Å²) < 4.78 is 70.0. The van der Waals surface area contributed by atoms with Crippen molar-refractivity contribution in [2.75, 3.05) is 64.7 Å². The molecule has 1 amide bonds. The molecule has 4 aromatic rings. The average Bonchev–Trinajstić information content (AvgIpc) is 3.64. The van der Waals surface area contributed by atoms with Crippen molar-refractivity contribution < 1.29 is 36.9 Å². The Morgan fingerprint density at radius 3 is 2.58 bits per heavy atom. The topological polar surface area (TPSA) is 102 Å². The van der Waals surface area contributed by atoms with Gasteiger partial charge in [0.2, 0.25) is 0 Å². The maximum absolute atomic E-state index is 17.1. The molecule has 6 heterocycles. The number of hydrogen-bond acceptors (Lipinski definition) is 10. The van der Waals surface area contributed by atoms with E-state index < -0.39 is 28.9 Å². The number of carbonyl (C=O) groups excluding carboxylic acids is 1. The highest BCUT2D eigenvalue weighted by Gasteiger charge is 2.49. The van der Waals surface area contributed by atoms with Crippen LogP contribution >= 0.6 is 0 Å². The molecule has 11 nitrogen and oxygen atoms in total. The fourth-order valence-electron chi connectivity index (χ4n) is 8.84. The molecule has 2 unspecified atom stereocenters. The second-order valence-electron chi connectivity index (χ2n) is 16.0. The van der Waals surface area contributed by atoms with Crippen molar-refractivity contribution in [3.8, 4) is 23.0 Å². The molecule has 8 rings (SSSR count). The van der Waals surface area contributed by atoms with Gasteiger partial charge in [0.15, 0.2) is 12.6 Å². The zero-order valence-electron chi connectivity index (χ0n) is 30.5. The van der Waals surface area contributed by atoms with Gasteiger partial charge >= 0.3 is 12.1 Å². The van der Waals surface area contributed by atoms with Gasteiger partial charge in [-0.25, -0.2) is 18.0 Å². The van der Waals surface area contributed by atoms with E-state index in [9.17, 15) is 9.18 Å². The summed E-state index contributed by atoms with van der Waals surface area (Å²) in [6, 6.07) is 7.81. The van der Waals surface area contributed by atoms with E-state index in [2.05, 4.69) is 19.8 Å². The van der Waals surface area contributed by atoms with Crippen LogP contribution in [0.3, 0.4) is 0 Å². The van der Waals surface area contributed by atoms with Gasteiger partial charge < -0.3 is 28.7 Å². The number of rotatable bonds is 8. The lowest BCUT2D eigenvalue weighted by Crippen LogP contribution is -2.55. The van der Waals surface area contributed by atoms with Crippen molar-refractivity contribution in [2.45, 2.75) is 63.8 Å². The zero-order chi connectivity index (χ0) is 37.1. The summed E-state index contributed by atoms with van der Waals surface area (Å²) in [6.07, 6.45) is 3.29. The van der Waals surface area contributed by atoms with Crippen LogP contribution in [-0.4, -0.2) is 108 Å². The Labute approximate surface area is 306 Å². The second-order valence-corrected chi connectivity index (χ2v) is 16.0. The van der Waals surface area contributed by atoms with Crippen LogP contribution in [0, 0.1) is 23.5 Å². The Hall–Kier alpha value is -4.43. The fraction of sp³-hybridized carbons (Fsp3) is 0.538. The van der Waals surface area contributed by atoms with Crippen LogP contribution in [0.25, 0.3) is 32.9 Å². The number of nitrogens with zero attached hydrogens (tertiary/aromatic N) is 6. The van der Waals surface area contributed by atoms with E-state index in [0.717, 1.165) is 25.8 Å². The van der Waals surface area contributed by atoms with Crippen molar-refractivity contribution >= 4 is 33.6 Å². The lowest BCUT2D eigenvalue weighted by molar-refractivity contribution is 0.00758. The number of amides is 1. The number of fused-ring (bicyclic) bond motifs is 5. The van der Waals surface area contributed by atoms with Gasteiger partial charge in [-0.3, -0.25) is 9.88 Å². The standard InChI is InChI=1S/C39H45F3N6O5/c1-38(2,3)53-37(49)47-18-23-11-24(19-47)17-46(16-23)35-29-15-43-33(28-13-27(52-22-50-4)12-25-7-5-8-30(41)31(25)28)32(42)34(29)44-36(45-35)51-21-39-9-6-10-48(39)20-26(40)14-39/h5,7-8,12-13,15,23-24,26H,6,9-11,14,16-22H2,1-4H3/t23?,24?,26-,39+/m1/s1. The summed E-state index contributed by atoms with van der Waals surface area (Å²) in [5, 5.41) is 1.07. The molecule has 4 aliphatic rings. The van der Waals surface area contributed by atoms with Crippen LogP contribution in [0.4, 0.5) is 23.8 Å². The molecule has 4 fully saturated rings. The lowest BCUT2D eigenvalue weighted by Gasteiger charge is -2.46. The number of likely N-dealkylation sites (tertiary alicyclic amines) is 1. The Morgan fingerprint density at radius 2 is 1.83 bits per heavy atom. The van der Waals surface area contributed by atoms with E-state index in [1.54, 1.807) is 29.2 Å². The molecule has 4 saturated heterocycles. The van der Waals surface area contributed by atoms with Crippen molar-refractivity contribution in [2.24, 2.45) is 11.8 Å². The van der Waals surface area contributed by atoms with Gasteiger partial charge in [-0.1, -0.05) is 12.1 Å². The van der Waals surface area contributed by atoms with E-state index >= 15 is 8.78 Å². The molecule has 2 bridgehead atoms. The summed E-state index contributed by atoms with van der Waals surface area (Å²) >= 11 is 0. The molecule has 4 atom stereocenters. The SMILES string of the molecule is COCOc1cc(-c2ncc3c(N4CC5CC(CN(C(=O)OC(C)(C)C)C5)C4)nc(OC[C@@]45CCCN4C[C@H](F)C5)nc3c2F)c2c(F)cccc2c1. The van der Waals surface area contributed by atoms with E-state index in [0.29, 0.717) is 61.5 Å². The first kappa shape index (κ1) is 35.6. The van der Waals surface area contributed by atoms with Gasteiger partial charge in [0, 0.05) is 63.4 Å². The third kappa shape index (κ3) is 6.91.